The van der Waals surface area contributed by atoms with Gasteiger partial charge in [0.05, 0.1) is 38.8 Å². The highest BCUT2D eigenvalue weighted by atomic mass is 35.5. The Bertz CT molecular complexity index is 2000. The average Bonchev–Trinajstić information content (AvgIpc) is 3.63. The van der Waals surface area contributed by atoms with E-state index in [2.05, 4.69) is 16.5 Å². The van der Waals surface area contributed by atoms with Gasteiger partial charge in [-0.3, -0.25) is 4.90 Å². The van der Waals surface area contributed by atoms with Crippen molar-refractivity contribution >= 4 is 54.7 Å². The Labute approximate surface area is 275 Å². The van der Waals surface area contributed by atoms with Crippen molar-refractivity contribution < 1.29 is 31.4 Å². The second-order valence-corrected chi connectivity index (χ2v) is 13.6. The first kappa shape index (κ1) is 31.7. The molecule has 0 spiro atoms. The largest absolute Gasteiger partial charge is 0.489 e. The van der Waals surface area contributed by atoms with Crippen LogP contribution in [0.1, 0.15) is 31.7 Å². The van der Waals surface area contributed by atoms with Gasteiger partial charge >= 0.3 is 6.01 Å². The summed E-state index contributed by atoms with van der Waals surface area (Å²) < 4.78 is 86.9. The molecule has 5 heterocycles. The topological polar surface area (TPSA) is 101 Å². The van der Waals surface area contributed by atoms with Crippen molar-refractivity contribution in [2.75, 3.05) is 43.5 Å². The van der Waals surface area contributed by atoms with Crippen LogP contribution in [-0.2, 0) is 0 Å². The zero-order valence-corrected chi connectivity index (χ0v) is 26.6. The number of hydrogen-bond acceptors (Lipinski definition) is 9. The van der Waals surface area contributed by atoms with Crippen LogP contribution in [-0.4, -0.2) is 71.9 Å². The van der Waals surface area contributed by atoms with E-state index in [1.807, 2.05) is 11.0 Å². The maximum atomic E-state index is 17.0. The van der Waals surface area contributed by atoms with E-state index in [0.29, 0.717) is 18.5 Å². The van der Waals surface area contributed by atoms with E-state index in [-0.39, 0.29) is 91.5 Å². The highest BCUT2D eigenvalue weighted by Gasteiger charge is 2.49. The fourth-order valence-corrected chi connectivity index (χ4v) is 8.49. The van der Waals surface area contributed by atoms with Crippen LogP contribution in [0.3, 0.4) is 0 Å². The summed E-state index contributed by atoms with van der Waals surface area (Å²) in [6, 6.07) is 3.23. The zero-order valence-electron chi connectivity index (χ0n) is 25.1. The minimum absolute atomic E-state index is 0.000839. The van der Waals surface area contributed by atoms with Crippen LogP contribution in [0, 0.1) is 23.0 Å². The first-order chi connectivity index (χ1) is 22.4. The lowest BCUT2D eigenvalue weighted by Gasteiger charge is -2.32. The van der Waals surface area contributed by atoms with Gasteiger partial charge in [-0.05, 0) is 37.9 Å². The molecule has 4 aromatic rings. The molecule has 8 nitrogen and oxygen atoms in total. The molecule has 2 aromatic carbocycles. The Morgan fingerprint density at radius 1 is 1.32 bits per heavy atom. The zero-order chi connectivity index (χ0) is 33.4. The Hall–Kier alpha value is -3.93. The summed E-state index contributed by atoms with van der Waals surface area (Å²) in [5.74, 6) is -1.85. The van der Waals surface area contributed by atoms with E-state index >= 15 is 4.39 Å². The number of hydrogen-bond donors (Lipinski definition) is 1. The minimum atomic E-state index is -2.82. The van der Waals surface area contributed by atoms with Crippen molar-refractivity contribution in [1.29, 1.82) is 5.26 Å². The average molecular weight is 691 g/mol. The van der Waals surface area contributed by atoms with Crippen LogP contribution in [0.25, 0.3) is 32.1 Å². The molecule has 3 aliphatic heterocycles. The molecule has 3 atom stereocenters. The fraction of sp³-hybridized carbons (Fsp3) is 0.406. The van der Waals surface area contributed by atoms with Gasteiger partial charge in [0, 0.05) is 23.9 Å². The number of halogens is 6. The highest BCUT2D eigenvalue weighted by molar-refractivity contribution is 7.23. The standard InChI is InChI=1S/C32H28ClF5N6O2S/c1-14(2)19-12-45-27-23-26(25(38)22(24(27)33)16-4-5-18(35)28-21(16)17(9-39)29(40)47-28)41-31(42-30(23)44(19)11-20(36)37)46-13-32-6-3-7-43(32)10-15(34)8-32/h4-5,15,19-20H,1,3,6-8,10-13,40H2,2H3/t15-,19-,32+/m1/s1. The van der Waals surface area contributed by atoms with E-state index in [1.165, 1.54) is 11.0 Å². The van der Waals surface area contributed by atoms with Crippen molar-refractivity contribution in [3.63, 3.8) is 0 Å². The lowest BCUT2D eigenvalue weighted by Crippen LogP contribution is -2.44. The molecular formula is C32H28ClF5N6O2S. The third-order valence-electron chi connectivity index (χ3n) is 9.31. The van der Waals surface area contributed by atoms with E-state index in [9.17, 15) is 22.8 Å². The molecule has 0 aliphatic carbocycles. The Morgan fingerprint density at radius 3 is 2.83 bits per heavy atom. The summed E-state index contributed by atoms with van der Waals surface area (Å²) in [4.78, 5) is 12.2. The van der Waals surface area contributed by atoms with Crippen LogP contribution in [0.15, 0.2) is 24.3 Å². The molecule has 0 amide bonds. The molecule has 0 saturated carbocycles. The highest BCUT2D eigenvalue weighted by Crippen LogP contribution is 2.51. The normalized spacial score (nSPS) is 22.5. The number of fused-ring (bicyclic) bond motifs is 2. The van der Waals surface area contributed by atoms with E-state index in [0.717, 1.165) is 23.8 Å². The maximum absolute atomic E-state index is 17.0. The van der Waals surface area contributed by atoms with Crippen LogP contribution >= 0.6 is 22.9 Å². The maximum Gasteiger partial charge on any atom is 0.319 e. The second kappa shape index (κ2) is 11.6. The first-order valence-corrected chi connectivity index (χ1v) is 16.1. The van der Waals surface area contributed by atoms with Gasteiger partial charge in [0.15, 0.2) is 11.6 Å². The molecule has 3 aliphatic rings. The number of thiophene rings is 1. The van der Waals surface area contributed by atoms with Crippen LogP contribution in [0.5, 0.6) is 11.8 Å². The van der Waals surface area contributed by atoms with Crippen molar-refractivity contribution in [1.82, 2.24) is 14.9 Å². The molecule has 7 rings (SSSR count). The van der Waals surface area contributed by atoms with Crippen LogP contribution < -0.4 is 20.1 Å². The molecule has 0 radical (unpaired) electrons. The van der Waals surface area contributed by atoms with Gasteiger partial charge < -0.3 is 20.1 Å². The molecule has 0 unspecified atom stereocenters. The number of nitrogens with zero attached hydrogens (tertiary/aromatic N) is 5. The SMILES string of the molecule is C=C(C)[C@H]1COc2c(Cl)c(-c3ccc(F)c4sc(N)c(C#N)c34)c(F)c3nc(OC[C@@]45CCCN4C[C@H](F)C5)nc(c23)N1CC(F)F. The molecule has 15 heteroatoms. The third-order valence-corrected chi connectivity index (χ3v) is 10.7. The lowest BCUT2D eigenvalue weighted by molar-refractivity contribution is 0.107. The van der Waals surface area contributed by atoms with Gasteiger partial charge in [0.25, 0.3) is 6.43 Å². The van der Waals surface area contributed by atoms with Crippen molar-refractivity contribution in [3.05, 3.63) is 46.5 Å². The van der Waals surface area contributed by atoms with Gasteiger partial charge in [-0.2, -0.15) is 15.2 Å². The Morgan fingerprint density at radius 2 is 2.11 bits per heavy atom. The minimum Gasteiger partial charge on any atom is -0.489 e. The van der Waals surface area contributed by atoms with Gasteiger partial charge in [-0.25, -0.2) is 22.0 Å². The van der Waals surface area contributed by atoms with Crippen molar-refractivity contribution in [2.45, 2.75) is 50.4 Å². The number of nitriles is 1. The number of benzene rings is 2. The summed E-state index contributed by atoms with van der Waals surface area (Å²) in [7, 11) is 0. The number of aromatic nitrogens is 2. The number of ether oxygens (including phenoxy) is 2. The summed E-state index contributed by atoms with van der Waals surface area (Å²) >= 11 is 7.74. The van der Waals surface area contributed by atoms with Crippen molar-refractivity contribution in [3.8, 4) is 29.0 Å². The molecule has 2 aromatic heterocycles. The van der Waals surface area contributed by atoms with Gasteiger partial charge in [0.1, 0.15) is 47.6 Å². The Kier molecular flexibility index (Phi) is 7.84. The fourth-order valence-electron chi connectivity index (χ4n) is 7.21. The number of alkyl halides is 3. The summed E-state index contributed by atoms with van der Waals surface area (Å²) in [6.07, 6.45) is -2.07. The van der Waals surface area contributed by atoms with E-state index in [4.69, 9.17) is 26.8 Å². The van der Waals surface area contributed by atoms with Gasteiger partial charge in [-0.1, -0.05) is 29.8 Å². The van der Waals surface area contributed by atoms with E-state index < -0.39 is 42.4 Å². The molecule has 246 valence electrons. The summed E-state index contributed by atoms with van der Waals surface area (Å²) in [5, 5.41) is 9.65. The number of anilines is 2. The summed E-state index contributed by atoms with van der Waals surface area (Å²) in [5.41, 5.74) is 5.31. The van der Waals surface area contributed by atoms with Crippen LogP contribution in [0.2, 0.25) is 5.02 Å². The predicted molar refractivity (Wildman–Crippen MR) is 170 cm³/mol. The number of rotatable bonds is 7. The summed E-state index contributed by atoms with van der Waals surface area (Å²) in [6.45, 7) is 5.59. The number of nitrogens with two attached hydrogens (primary N) is 1. The third kappa shape index (κ3) is 5.01. The lowest BCUT2D eigenvalue weighted by atomic mass is 9.95. The van der Waals surface area contributed by atoms with Gasteiger partial charge in [0.2, 0.25) is 0 Å². The smallest absolute Gasteiger partial charge is 0.319 e. The molecular weight excluding hydrogens is 663 g/mol. The molecule has 47 heavy (non-hydrogen) atoms. The van der Waals surface area contributed by atoms with E-state index in [1.54, 1.807) is 6.92 Å². The Balaban J connectivity index is 1.48. The number of nitrogen functional groups attached to an aromatic ring is 1. The molecule has 2 N–H and O–H groups in total. The monoisotopic (exact) mass is 690 g/mol. The second-order valence-electron chi connectivity index (χ2n) is 12.2. The quantitative estimate of drug-likeness (QED) is 0.160. The molecule has 2 fully saturated rings. The van der Waals surface area contributed by atoms with Gasteiger partial charge in [-0.15, -0.1) is 11.3 Å². The molecule has 0 bridgehead atoms. The van der Waals surface area contributed by atoms with Crippen LogP contribution in [0.4, 0.5) is 32.8 Å². The predicted octanol–water partition coefficient (Wildman–Crippen LogP) is 7.26. The first-order valence-electron chi connectivity index (χ1n) is 14.9. The van der Waals surface area contributed by atoms with Crippen molar-refractivity contribution in [2.24, 2.45) is 0 Å². The molecule has 2 saturated heterocycles.